The van der Waals surface area contributed by atoms with Crippen LogP contribution in [-0.4, -0.2) is 13.7 Å². The molecule has 0 amide bonds. The van der Waals surface area contributed by atoms with E-state index in [4.69, 9.17) is 0 Å². The first-order valence-corrected chi connectivity index (χ1v) is 10.6. The smallest absolute Gasteiger partial charge is 0.0530 e. The van der Waals surface area contributed by atoms with Gasteiger partial charge in [0.1, 0.15) is 0 Å². The fourth-order valence-corrected chi connectivity index (χ4v) is 10.8. The van der Waals surface area contributed by atoms with Gasteiger partial charge in [-0.25, -0.2) is 0 Å². The molecule has 0 aromatic heterocycles. The summed E-state index contributed by atoms with van der Waals surface area (Å²) in [6, 6.07) is 9.79. The van der Waals surface area contributed by atoms with Gasteiger partial charge in [0.25, 0.3) is 0 Å². The Kier molecular flexibility index (Phi) is 8.47. The highest BCUT2D eigenvalue weighted by Crippen LogP contribution is 2.66. The molecule has 0 spiro atoms. The second kappa shape index (κ2) is 9.05. The van der Waals surface area contributed by atoms with Gasteiger partial charge >= 0.3 is 0 Å². The van der Waals surface area contributed by atoms with E-state index in [1.165, 1.54) is 19.3 Å². The number of hydrogen-bond donors (Lipinski definition) is 1. The molecule has 0 atom stereocenters. The molecule has 21 heavy (non-hydrogen) atoms. The summed E-state index contributed by atoms with van der Waals surface area (Å²) in [6.45, 7) is 6.50. The Balaban J connectivity index is 0.000000195. The first-order valence-electron chi connectivity index (χ1n) is 7.33. The zero-order valence-corrected chi connectivity index (χ0v) is 15.8. The van der Waals surface area contributed by atoms with Gasteiger partial charge in [-0.05, 0) is 36.8 Å². The number of hydrogen-bond acceptors (Lipinski definition) is 4. The van der Waals surface area contributed by atoms with Crippen LogP contribution in [0.25, 0.3) is 0 Å². The summed E-state index contributed by atoms with van der Waals surface area (Å²) < 4.78 is 2.87. The summed E-state index contributed by atoms with van der Waals surface area (Å²) in [5, 5.41) is 0. The Morgan fingerprint density at radius 3 is 1.52 bits per heavy atom. The summed E-state index contributed by atoms with van der Waals surface area (Å²) in [4.78, 5) is 1.02. The van der Waals surface area contributed by atoms with Gasteiger partial charge in [0.05, 0.1) is 13.7 Å². The van der Waals surface area contributed by atoms with E-state index in [1.54, 1.807) is 0 Å². The first kappa shape index (κ1) is 19.7. The lowest BCUT2D eigenvalue weighted by atomic mass is 9.81. The Hall–Kier alpha value is 0.620. The maximum atomic E-state index is 4.08. The highest BCUT2D eigenvalue weighted by molar-refractivity contribution is 8.33. The van der Waals surface area contributed by atoms with Crippen LogP contribution in [0.1, 0.15) is 47.5 Å². The SMILES string of the molecule is C.CC.CC12CC3SC(C1)SC(C2)S3.Sc1ccccc1. The molecular weight excluding hydrogens is 332 g/mol. The monoisotopic (exact) mass is 360 g/mol. The molecule has 4 heterocycles. The van der Waals surface area contributed by atoms with E-state index < -0.39 is 0 Å². The minimum absolute atomic E-state index is 0. The van der Waals surface area contributed by atoms with E-state index in [9.17, 15) is 0 Å². The molecule has 4 fully saturated rings. The fourth-order valence-electron chi connectivity index (χ4n) is 2.78. The molecular formula is C17H28S4. The van der Waals surface area contributed by atoms with E-state index in [0.29, 0.717) is 0 Å². The highest BCUT2D eigenvalue weighted by atomic mass is 32.3. The summed E-state index contributed by atoms with van der Waals surface area (Å²) in [5.74, 6) is 0. The van der Waals surface area contributed by atoms with Gasteiger partial charge in [0, 0.05) is 4.90 Å². The van der Waals surface area contributed by atoms with Crippen LogP contribution in [0.15, 0.2) is 35.2 Å². The lowest BCUT2D eigenvalue weighted by molar-refractivity contribution is 0.256. The Bertz CT molecular complexity index is 369. The van der Waals surface area contributed by atoms with Crippen LogP contribution in [0.4, 0.5) is 0 Å². The predicted molar refractivity (Wildman–Crippen MR) is 108 cm³/mol. The van der Waals surface area contributed by atoms with Crippen molar-refractivity contribution in [1.82, 2.24) is 0 Å². The first-order chi connectivity index (χ1) is 9.63. The van der Waals surface area contributed by atoms with E-state index in [-0.39, 0.29) is 7.43 Å². The van der Waals surface area contributed by atoms with Crippen LogP contribution in [-0.2, 0) is 0 Å². The standard InChI is InChI=1S/C8H12S3.C6H6S.C2H6.CH4/c1-8-2-5-9-6(3-8)11-7(4-8)10-5;7-6-4-2-1-3-5-6;1-2;/h5-7H,2-4H2,1H3;1-5,7H;1-2H3;1H4. The minimum Gasteiger partial charge on any atom is -0.143 e. The molecule has 0 radical (unpaired) electrons. The third-order valence-corrected chi connectivity index (χ3v) is 8.76. The van der Waals surface area contributed by atoms with E-state index >= 15 is 0 Å². The van der Waals surface area contributed by atoms with Crippen molar-refractivity contribution < 1.29 is 0 Å². The van der Waals surface area contributed by atoms with Crippen LogP contribution < -0.4 is 0 Å². The van der Waals surface area contributed by atoms with Gasteiger partial charge in [-0.3, -0.25) is 0 Å². The maximum absolute atomic E-state index is 4.08. The molecule has 1 aromatic carbocycles. The van der Waals surface area contributed by atoms with Crippen LogP contribution >= 0.6 is 47.9 Å². The van der Waals surface area contributed by atoms with Crippen molar-refractivity contribution in [3.8, 4) is 0 Å². The second-order valence-corrected chi connectivity index (χ2v) is 11.1. The highest BCUT2D eigenvalue weighted by Gasteiger charge is 2.49. The molecule has 0 saturated carbocycles. The van der Waals surface area contributed by atoms with E-state index in [0.717, 1.165) is 24.1 Å². The van der Waals surface area contributed by atoms with E-state index in [2.05, 4.69) is 54.8 Å². The van der Waals surface area contributed by atoms with Gasteiger partial charge in [-0.2, -0.15) is 0 Å². The Labute approximate surface area is 149 Å². The van der Waals surface area contributed by atoms with E-state index in [1.807, 2.05) is 44.2 Å². The quantitative estimate of drug-likeness (QED) is 0.494. The minimum atomic E-state index is 0. The molecule has 120 valence electrons. The molecule has 1 aromatic rings. The molecule has 5 rings (SSSR count). The molecule has 0 nitrogen and oxygen atoms in total. The van der Waals surface area contributed by atoms with Crippen molar-refractivity contribution in [2.45, 2.75) is 66.1 Å². The zero-order valence-electron chi connectivity index (χ0n) is 12.4. The lowest BCUT2D eigenvalue weighted by Gasteiger charge is -2.53. The van der Waals surface area contributed by atoms with Crippen LogP contribution in [0.3, 0.4) is 0 Å². The molecule has 4 heteroatoms. The summed E-state index contributed by atoms with van der Waals surface area (Å²) in [7, 11) is 0. The van der Waals surface area contributed by atoms with Gasteiger partial charge in [0.15, 0.2) is 0 Å². The largest absolute Gasteiger partial charge is 0.143 e. The molecule has 0 aliphatic carbocycles. The molecule has 4 aliphatic heterocycles. The fraction of sp³-hybridized carbons (Fsp3) is 0.647. The Morgan fingerprint density at radius 2 is 1.29 bits per heavy atom. The maximum Gasteiger partial charge on any atom is 0.0530 e. The van der Waals surface area contributed by atoms with Gasteiger partial charge in [-0.1, -0.05) is 46.4 Å². The number of thioether (sulfide) groups is 3. The average molecular weight is 361 g/mol. The number of rotatable bonds is 0. The molecule has 4 saturated heterocycles. The van der Waals surface area contributed by atoms with Crippen LogP contribution in [0, 0.1) is 5.41 Å². The third kappa shape index (κ3) is 5.63. The van der Waals surface area contributed by atoms with Gasteiger partial charge < -0.3 is 0 Å². The summed E-state index contributed by atoms with van der Waals surface area (Å²) >= 11 is 10.8. The molecule has 4 aliphatic rings. The van der Waals surface area contributed by atoms with Crippen molar-refractivity contribution in [2.75, 3.05) is 0 Å². The second-order valence-electron chi connectivity index (χ2n) is 5.46. The zero-order chi connectivity index (χ0) is 14.6. The third-order valence-electron chi connectivity index (χ3n) is 3.65. The van der Waals surface area contributed by atoms with Crippen molar-refractivity contribution in [1.29, 1.82) is 0 Å². The predicted octanol–water partition coefficient (Wildman–Crippen LogP) is 7.02. The van der Waals surface area contributed by atoms with Crippen molar-refractivity contribution in [3.63, 3.8) is 0 Å². The van der Waals surface area contributed by atoms with Crippen LogP contribution in [0.2, 0.25) is 0 Å². The number of benzene rings is 1. The van der Waals surface area contributed by atoms with Gasteiger partial charge in [-0.15, -0.1) is 47.9 Å². The van der Waals surface area contributed by atoms with Crippen molar-refractivity contribution in [2.24, 2.45) is 5.41 Å². The topological polar surface area (TPSA) is 0 Å². The van der Waals surface area contributed by atoms with Crippen molar-refractivity contribution in [3.05, 3.63) is 30.3 Å². The number of thiol groups is 1. The summed E-state index contributed by atoms with van der Waals surface area (Å²) in [6.07, 6.45) is 4.45. The average Bonchev–Trinajstić information content (AvgIpc) is 2.40. The van der Waals surface area contributed by atoms with Crippen molar-refractivity contribution >= 4 is 47.9 Å². The normalized spacial score (nSPS) is 34.8. The van der Waals surface area contributed by atoms with Gasteiger partial charge in [0.2, 0.25) is 0 Å². The molecule has 0 N–H and O–H groups in total. The molecule has 0 unspecified atom stereocenters. The molecule has 4 bridgehead atoms. The van der Waals surface area contributed by atoms with Crippen LogP contribution in [0.5, 0.6) is 0 Å². The lowest BCUT2D eigenvalue weighted by Crippen LogP contribution is -2.42. The Morgan fingerprint density at radius 1 is 0.905 bits per heavy atom. The summed E-state index contributed by atoms with van der Waals surface area (Å²) in [5.41, 5.74) is 0.738.